The molecule has 10 N–H and O–H groups in total. The van der Waals surface area contributed by atoms with E-state index >= 15 is 0 Å². The van der Waals surface area contributed by atoms with Crippen molar-refractivity contribution in [3.05, 3.63) is 90.3 Å². The number of carbonyl (C=O) groups is 4. The van der Waals surface area contributed by atoms with Crippen LogP contribution in [-0.4, -0.2) is 84.6 Å². The Hall–Kier alpha value is -5.47. The molecule has 4 atom stereocenters. The van der Waals surface area contributed by atoms with Crippen LogP contribution in [0.2, 0.25) is 0 Å². The van der Waals surface area contributed by atoms with Crippen molar-refractivity contribution < 1.29 is 29.4 Å². The predicted molar refractivity (Wildman–Crippen MR) is 165 cm³/mol. The Kier molecular flexibility index (Phi) is 9.55. The van der Waals surface area contributed by atoms with Gasteiger partial charge in [-0.1, -0.05) is 36.4 Å². The number of benzene rings is 2. The van der Waals surface area contributed by atoms with E-state index in [1.807, 2.05) is 48.5 Å². The number of imidazole rings is 1. The Morgan fingerprint density at radius 3 is 1.73 bits per heavy atom. The topological polar surface area (TPSA) is 231 Å². The van der Waals surface area contributed by atoms with Crippen LogP contribution in [0.1, 0.15) is 16.8 Å². The largest absolute Gasteiger partial charge is 0.480 e. The van der Waals surface area contributed by atoms with Crippen LogP contribution in [0.15, 0.2) is 73.4 Å². The SMILES string of the molecule is NC(Cc1cnc[nH]1)C(=O)NC(Cc1c[nH]c2ccccc12)C(=O)NC(Cc1c[nH]c2ccccc12)C(=O)NC(CO)C(=O)O. The molecule has 2 aromatic carbocycles. The molecule has 0 fully saturated rings. The van der Waals surface area contributed by atoms with E-state index in [-0.39, 0.29) is 19.3 Å². The van der Waals surface area contributed by atoms with E-state index in [1.54, 1.807) is 18.6 Å². The fourth-order valence-corrected chi connectivity index (χ4v) is 5.19. The highest BCUT2D eigenvalue weighted by Crippen LogP contribution is 2.21. The van der Waals surface area contributed by atoms with E-state index in [2.05, 4.69) is 35.9 Å². The smallest absolute Gasteiger partial charge is 0.328 e. The molecule has 0 aliphatic heterocycles. The molecule has 45 heavy (non-hydrogen) atoms. The number of para-hydroxylation sites is 2. The highest BCUT2D eigenvalue weighted by atomic mass is 16.4. The summed E-state index contributed by atoms with van der Waals surface area (Å²) in [5.41, 5.74) is 9.91. The Morgan fingerprint density at radius 2 is 1.24 bits per heavy atom. The zero-order valence-corrected chi connectivity index (χ0v) is 24.1. The van der Waals surface area contributed by atoms with Crippen LogP contribution in [-0.2, 0) is 38.4 Å². The number of nitrogens with zero attached hydrogens (tertiary/aromatic N) is 1. The molecule has 0 spiro atoms. The molecule has 3 aromatic heterocycles. The van der Waals surface area contributed by atoms with E-state index in [0.29, 0.717) is 11.3 Å². The van der Waals surface area contributed by atoms with Crippen LogP contribution in [0.5, 0.6) is 0 Å². The summed E-state index contributed by atoms with van der Waals surface area (Å²) in [6.07, 6.45) is 6.68. The van der Waals surface area contributed by atoms with Crippen LogP contribution in [0.3, 0.4) is 0 Å². The third-order valence-corrected chi connectivity index (χ3v) is 7.59. The highest BCUT2D eigenvalue weighted by Gasteiger charge is 2.31. The summed E-state index contributed by atoms with van der Waals surface area (Å²) in [7, 11) is 0. The molecule has 5 rings (SSSR count). The van der Waals surface area contributed by atoms with Gasteiger partial charge in [-0.25, -0.2) is 9.78 Å². The lowest BCUT2D eigenvalue weighted by Gasteiger charge is -2.25. The first kappa shape index (κ1) is 31.0. The number of aromatic nitrogens is 4. The number of rotatable bonds is 14. The van der Waals surface area contributed by atoms with Gasteiger partial charge in [-0.15, -0.1) is 0 Å². The van der Waals surface area contributed by atoms with Crippen LogP contribution >= 0.6 is 0 Å². The molecule has 0 aliphatic carbocycles. The van der Waals surface area contributed by atoms with Gasteiger partial charge in [0, 0.05) is 65.4 Å². The summed E-state index contributed by atoms with van der Waals surface area (Å²) in [5.74, 6) is -3.52. The molecule has 3 amide bonds. The molecule has 4 unspecified atom stereocenters. The lowest BCUT2D eigenvalue weighted by Crippen LogP contribution is -2.58. The van der Waals surface area contributed by atoms with Gasteiger partial charge in [0.1, 0.15) is 18.1 Å². The lowest BCUT2D eigenvalue weighted by atomic mass is 10.0. The third kappa shape index (κ3) is 7.37. The zero-order chi connectivity index (χ0) is 31.9. The van der Waals surface area contributed by atoms with Gasteiger partial charge in [-0.05, 0) is 23.3 Å². The predicted octanol–water partition coefficient (Wildman–Crippen LogP) is 0.259. The minimum atomic E-state index is -1.58. The fourth-order valence-electron chi connectivity index (χ4n) is 5.19. The molecule has 234 valence electrons. The van der Waals surface area contributed by atoms with E-state index < -0.39 is 54.5 Å². The van der Waals surface area contributed by atoms with Crippen molar-refractivity contribution in [3.63, 3.8) is 0 Å². The van der Waals surface area contributed by atoms with Gasteiger partial charge in [0.2, 0.25) is 17.7 Å². The summed E-state index contributed by atoms with van der Waals surface area (Å²) in [5, 5.41) is 28.3. The second kappa shape index (κ2) is 13.9. The van der Waals surface area contributed by atoms with Crippen molar-refractivity contribution in [2.45, 2.75) is 43.4 Å². The number of carboxylic acid groups (broad SMARTS) is 1. The summed E-state index contributed by atoms with van der Waals surface area (Å²) in [6.45, 7) is -0.845. The number of H-pyrrole nitrogens is 3. The van der Waals surface area contributed by atoms with Crippen LogP contribution < -0.4 is 21.7 Å². The van der Waals surface area contributed by atoms with Gasteiger partial charge in [0.15, 0.2) is 0 Å². The number of aliphatic hydroxyl groups is 1. The average Bonchev–Trinajstić information content (AvgIpc) is 3.80. The van der Waals surface area contributed by atoms with E-state index in [1.165, 1.54) is 6.33 Å². The number of carboxylic acids is 1. The molecule has 0 saturated heterocycles. The minimum absolute atomic E-state index is 0.00750. The van der Waals surface area contributed by atoms with Gasteiger partial charge < -0.3 is 46.8 Å². The first-order chi connectivity index (χ1) is 21.7. The monoisotopic (exact) mass is 614 g/mol. The van der Waals surface area contributed by atoms with Gasteiger partial charge in [0.05, 0.1) is 19.0 Å². The first-order valence-electron chi connectivity index (χ1n) is 14.3. The molecular weight excluding hydrogens is 580 g/mol. The van der Waals surface area contributed by atoms with Crippen molar-refractivity contribution in [1.82, 2.24) is 35.9 Å². The quantitative estimate of drug-likeness (QED) is 0.0840. The number of hydrogen-bond donors (Lipinski definition) is 9. The van der Waals surface area contributed by atoms with E-state index in [0.717, 1.165) is 27.4 Å². The van der Waals surface area contributed by atoms with Crippen molar-refractivity contribution in [2.75, 3.05) is 6.61 Å². The molecule has 14 heteroatoms. The molecule has 0 bridgehead atoms. The van der Waals surface area contributed by atoms with Gasteiger partial charge >= 0.3 is 5.97 Å². The van der Waals surface area contributed by atoms with Gasteiger partial charge in [0.25, 0.3) is 0 Å². The highest BCUT2D eigenvalue weighted by molar-refractivity contribution is 5.95. The lowest BCUT2D eigenvalue weighted by molar-refractivity contribution is -0.143. The number of aliphatic hydroxyl groups excluding tert-OH is 1. The standard InChI is InChI=1S/C31H34N8O6/c32-22(11-19-14-33-16-36-19)28(41)37-25(9-17-12-34-23-7-3-1-5-20(17)23)29(42)38-26(30(43)39-27(15-40)31(44)45)10-18-13-35-24-8-4-2-6-21(18)24/h1-8,12-14,16,22,25-27,34-35,40H,9-11,15,32H2,(H,33,36)(H,37,41)(H,38,42)(H,39,43)(H,44,45). The number of nitrogens with one attached hydrogen (secondary N) is 6. The Bertz CT molecular complexity index is 1800. The van der Waals surface area contributed by atoms with Crippen molar-refractivity contribution in [1.29, 1.82) is 0 Å². The van der Waals surface area contributed by atoms with Crippen molar-refractivity contribution in [2.24, 2.45) is 5.73 Å². The number of carbonyl (C=O) groups excluding carboxylic acids is 3. The second-order valence-corrected chi connectivity index (χ2v) is 10.7. The molecule has 0 radical (unpaired) electrons. The second-order valence-electron chi connectivity index (χ2n) is 10.7. The normalized spacial score (nSPS) is 14.0. The van der Waals surface area contributed by atoms with Crippen molar-refractivity contribution in [3.8, 4) is 0 Å². The molecular formula is C31H34N8O6. The van der Waals surface area contributed by atoms with E-state index in [4.69, 9.17) is 5.73 Å². The Labute approximate surface area is 256 Å². The summed E-state index contributed by atoms with van der Waals surface area (Å²) in [4.78, 5) is 65.2. The summed E-state index contributed by atoms with van der Waals surface area (Å²) < 4.78 is 0. The molecule has 3 heterocycles. The number of aromatic amines is 3. The van der Waals surface area contributed by atoms with Crippen molar-refractivity contribution >= 4 is 45.5 Å². The number of hydrogen-bond acceptors (Lipinski definition) is 7. The number of nitrogens with two attached hydrogens (primary N) is 1. The third-order valence-electron chi connectivity index (χ3n) is 7.59. The number of fused-ring (bicyclic) bond motifs is 2. The number of aliphatic carboxylic acids is 1. The maximum Gasteiger partial charge on any atom is 0.328 e. The molecule has 5 aromatic rings. The average molecular weight is 615 g/mol. The summed E-state index contributed by atoms with van der Waals surface area (Å²) in [6, 6.07) is 9.89. The van der Waals surface area contributed by atoms with Gasteiger partial charge in [-0.3, -0.25) is 14.4 Å². The Morgan fingerprint density at radius 1 is 0.733 bits per heavy atom. The van der Waals surface area contributed by atoms with Crippen LogP contribution in [0, 0.1) is 0 Å². The molecule has 0 aliphatic rings. The zero-order valence-electron chi connectivity index (χ0n) is 24.1. The summed E-state index contributed by atoms with van der Waals surface area (Å²) >= 11 is 0. The number of amides is 3. The van der Waals surface area contributed by atoms with E-state index in [9.17, 15) is 29.4 Å². The van der Waals surface area contributed by atoms with Crippen LogP contribution in [0.25, 0.3) is 21.8 Å². The first-order valence-corrected chi connectivity index (χ1v) is 14.3. The molecule has 0 saturated carbocycles. The maximum atomic E-state index is 13.9. The fraction of sp³-hybridized carbons (Fsp3) is 0.258. The molecule has 14 nitrogen and oxygen atoms in total. The maximum absolute atomic E-state index is 13.9. The van der Waals surface area contributed by atoms with Crippen LogP contribution in [0.4, 0.5) is 0 Å². The van der Waals surface area contributed by atoms with Gasteiger partial charge in [-0.2, -0.15) is 0 Å². The minimum Gasteiger partial charge on any atom is -0.480 e. The Balaban J connectivity index is 1.42.